The van der Waals surface area contributed by atoms with Crippen LogP contribution in [0.3, 0.4) is 0 Å². The first-order valence-corrected chi connectivity index (χ1v) is 10.3. The van der Waals surface area contributed by atoms with Crippen LogP contribution in [0.25, 0.3) is 0 Å². The van der Waals surface area contributed by atoms with Crippen LogP contribution in [0.15, 0.2) is 18.2 Å². The van der Waals surface area contributed by atoms with E-state index in [1.165, 1.54) is 16.7 Å². The summed E-state index contributed by atoms with van der Waals surface area (Å²) in [5.74, 6) is 0.522. The second-order valence-electron chi connectivity index (χ2n) is 9.29. The molecule has 0 radical (unpaired) electrons. The Labute approximate surface area is 162 Å². The van der Waals surface area contributed by atoms with Gasteiger partial charge in [-0.05, 0) is 66.5 Å². The van der Waals surface area contributed by atoms with E-state index in [4.69, 9.17) is 9.84 Å². The Morgan fingerprint density at radius 3 is 2.70 bits per heavy atom. The fraction of sp³-hybridized carbons (Fsp3) is 0.696. The molecule has 2 aliphatic rings. The smallest absolute Gasteiger partial charge is 0.312 e. The predicted octanol–water partition coefficient (Wildman–Crippen LogP) is 3.72. The zero-order valence-corrected chi connectivity index (χ0v) is 17.1. The molecule has 1 fully saturated rings. The highest BCUT2D eigenvalue weighted by atomic mass is 16.5. The lowest BCUT2D eigenvalue weighted by molar-refractivity contribution is -0.168. The van der Waals surface area contributed by atoms with Gasteiger partial charge in [-0.3, -0.25) is 4.79 Å². The summed E-state index contributed by atoms with van der Waals surface area (Å²) in [4.78, 5) is 13.0. The van der Waals surface area contributed by atoms with E-state index < -0.39 is 18.1 Å². The maximum absolute atomic E-state index is 13.0. The van der Waals surface area contributed by atoms with Crippen LogP contribution in [0, 0.1) is 11.3 Å². The number of benzene rings is 1. The number of aliphatic hydroxyl groups is 2. The molecule has 150 valence electrons. The molecule has 0 amide bonds. The highest BCUT2D eigenvalue weighted by Gasteiger charge is 2.55. The van der Waals surface area contributed by atoms with Gasteiger partial charge in [0.1, 0.15) is 12.7 Å². The molecule has 0 saturated heterocycles. The Hall–Kier alpha value is -1.39. The molecule has 4 nitrogen and oxygen atoms in total. The van der Waals surface area contributed by atoms with Gasteiger partial charge < -0.3 is 14.9 Å². The van der Waals surface area contributed by atoms with Crippen LogP contribution < -0.4 is 0 Å². The second-order valence-corrected chi connectivity index (χ2v) is 9.29. The molecule has 27 heavy (non-hydrogen) atoms. The third-order valence-corrected chi connectivity index (χ3v) is 7.13. The van der Waals surface area contributed by atoms with Crippen molar-refractivity contribution in [2.45, 2.75) is 77.2 Å². The van der Waals surface area contributed by atoms with Crippen molar-refractivity contribution >= 4 is 5.97 Å². The van der Waals surface area contributed by atoms with Gasteiger partial charge in [-0.15, -0.1) is 0 Å². The lowest BCUT2D eigenvalue weighted by atomic mass is 9.49. The van der Waals surface area contributed by atoms with E-state index in [9.17, 15) is 9.90 Å². The normalized spacial score (nSPS) is 31.1. The van der Waals surface area contributed by atoms with Crippen molar-refractivity contribution in [1.29, 1.82) is 0 Å². The minimum Gasteiger partial charge on any atom is -0.462 e. The van der Waals surface area contributed by atoms with Gasteiger partial charge in [0.2, 0.25) is 0 Å². The first kappa shape index (κ1) is 20.3. The molecule has 4 unspecified atom stereocenters. The van der Waals surface area contributed by atoms with E-state index in [1.54, 1.807) is 0 Å². The average molecular weight is 375 g/mol. The largest absolute Gasteiger partial charge is 0.462 e. The van der Waals surface area contributed by atoms with E-state index in [1.807, 2.05) is 6.92 Å². The van der Waals surface area contributed by atoms with Crippen LogP contribution in [-0.4, -0.2) is 35.5 Å². The van der Waals surface area contributed by atoms with E-state index in [0.717, 1.165) is 32.1 Å². The topological polar surface area (TPSA) is 66.8 Å². The molecule has 4 heteroatoms. The molecule has 2 N–H and O–H groups in total. The number of hydrogen-bond acceptors (Lipinski definition) is 4. The Balaban J connectivity index is 1.90. The number of hydrogen-bond donors (Lipinski definition) is 2. The molecule has 0 heterocycles. The van der Waals surface area contributed by atoms with Crippen LogP contribution in [0.5, 0.6) is 0 Å². The number of aliphatic hydroxyl groups excluding tert-OH is 2. The number of esters is 1. The molecule has 3 rings (SSSR count). The Kier molecular flexibility index (Phi) is 5.69. The summed E-state index contributed by atoms with van der Waals surface area (Å²) < 4.78 is 5.42. The number of rotatable bonds is 5. The number of aryl methyl sites for hydroxylation is 1. The summed E-state index contributed by atoms with van der Waals surface area (Å²) in [6.45, 7) is 8.28. The third kappa shape index (κ3) is 3.54. The maximum Gasteiger partial charge on any atom is 0.312 e. The number of carbonyl (C=O) groups excluding carboxylic acids is 1. The molecule has 1 aromatic carbocycles. The van der Waals surface area contributed by atoms with Gasteiger partial charge in [0, 0.05) is 0 Å². The molecular weight excluding hydrogens is 340 g/mol. The van der Waals surface area contributed by atoms with Crippen LogP contribution >= 0.6 is 0 Å². The Morgan fingerprint density at radius 1 is 1.30 bits per heavy atom. The molecule has 1 saturated carbocycles. The SMILES string of the molecule is CC(C)c1ccc2c(c1)CCC1C(C)(C(=O)OCC(O)CO)CCCC21C. The third-order valence-electron chi connectivity index (χ3n) is 7.13. The van der Waals surface area contributed by atoms with Gasteiger partial charge in [0.25, 0.3) is 0 Å². The Morgan fingerprint density at radius 2 is 2.04 bits per heavy atom. The molecule has 0 aliphatic heterocycles. The molecule has 0 bridgehead atoms. The maximum atomic E-state index is 13.0. The van der Waals surface area contributed by atoms with Gasteiger partial charge >= 0.3 is 5.97 Å². The monoisotopic (exact) mass is 374 g/mol. The zero-order valence-electron chi connectivity index (χ0n) is 17.1. The van der Waals surface area contributed by atoms with Gasteiger partial charge in [-0.2, -0.15) is 0 Å². The predicted molar refractivity (Wildman–Crippen MR) is 106 cm³/mol. The van der Waals surface area contributed by atoms with Gasteiger partial charge in [0.15, 0.2) is 0 Å². The fourth-order valence-corrected chi connectivity index (χ4v) is 5.50. The summed E-state index contributed by atoms with van der Waals surface area (Å²) >= 11 is 0. The number of ether oxygens (including phenoxy) is 1. The van der Waals surface area contributed by atoms with Crippen molar-refractivity contribution < 1.29 is 19.7 Å². The van der Waals surface area contributed by atoms with Crippen LogP contribution in [0.2, 0.25) is 0 Å². The lowest BCUT2D eigenvalue weighted by Gasteiger charge is -2.54. The van der Waals surface area contributed by atoms with Crippen molar-refractivity contribution in [3.05, 3.63) is 34.9 Å². The number of fused-ring (bicyclic) bond motifs is 3. The van der Waals surface area contributed by atoms with Crippen molar-refractivity contribution in [3.8, 4) is 0 Å². The van der Waals surface area contributed by atoms with Crippen molar-refractivity contribution in [3.63, 3.8) is 0 Å². The lowest BCUT2D eigenvalue weighted by Crippen LogP contribution is -2.53. The van der Waals surface area contributed by atoms with Crippen LogP contribution in [-0.2, 0) is 21.4 Å². The van der Waals surface area contributed by atoms with Crippen molar-refractivity contribution in [2.75, 3.05) is 13.2 Å². The molecule has 0 aromatic heterocycles. The first-order valence-electron chi connectivity index (χ1n) is 10.3. The van der Waals surface area contributed by atoms with Gasteiger partial charge in [-0.25, -0.2) is 0 Å². The molecule has 1 aromatic rings. The first-order chi connectivity index (χ1) is 12.7. The zero-order chi connectivity index (χ0) is 19.8. The van der Waals surface area contributed by atoms with E-state index in [2.05, 4.69) is 39.0 Å². The Bertz CT molecular complexity index is 698. The average Bonchev–Trinajstić information content (AvgIpc) is 2.65. The summed E-state index contributed by atoms with van der Waals surface area (Å²) in [5, 5.41) is 18.5. The van der Waals surface area contributed by atoms with E-state index in [0.29, 0.717) is 5.92 Å². The van der Waals surface area contributed by atoms with Gasteiger partial charge in [-0.1, -0.05) is 45.4 Å². The summed E-state index contributed by atoms with van der Waals surface area (Å²) in [7, 11) is 0. The van der Waals surface area contributed by atoms with Crippen molar-refractivity contribution in [1.82, 2.24) is 0 Å². The molecule has 2 aliphatic carbocycles. The van der Waals surface area contributed by atoms with Crippen LogP contribution in [0.1, 0.15) is 76.0 Å². The summed E-state index contributed by atoms with van der Waals surface area (Å²) in [5.41, 5.74) is 3.65. The summed E-state index contributed by atoms with van der Waals surface area (Å²) in [6, 6.07) is 6.91. The summed E-state index contributed by atoms with van der Waals surface area (Å²) in [6.07, 6.45) is 3.88. The van der Waals surface area contributed by atoms with E-state index >= 15 is 0 Å². The van der Waals surface area contributed by atoms with E-state index in [-0.39, 0.29) is 23.9 Å². The van der Waals surface area contributed by atoms with Crippen LogP contribution in [0.4, 0.5) is 0 Å². The fourth-order valence-electron chi connectivity index (χ4n) is 5.50. The molecule has 0 spiro atoms. The number of carbonyl (C=O) groups is 1. The standard InChI is InChI=1S/C23H34O4/c1-15(2)16-6-8-19-17(12-16)7-9-20-22(19,3)10-5-11-23(20,4)21(26)27-14-18(25)13-24/h6,8,12,15,18,20,24-25H,5,7,9-11,13-14H2,1-4H3. The highest BCUT2D eigenvalue weighted by Crippen LogP contribution is 2.57. The highest BCUT2D eigenvalue weighted by molar-refractivity contribution is 5.77. The second kappa shape index (κ2) is 7.56. The quantitative estimate of drug-likeness (QED) is 0.771. The molecular formula is C23H34O4. The minimum absolute atomic E-state index is 0.0231. The van der Waals surface area contributed by atoms with Gasteiger partial charge in [0.05, 0.1) is 12.0 Å². The molecule has 4 atom stereocenters. The minimum atomic E-state index is -1.01. The van der Waals surface area contributed by atoms with Crippen molar-refractivity contribution in [2.24, 2.45) is 11.3 Å².